The second kappa shape index (κ2) is 5.26. The molecule has 1 saturated carbocycles. The molecule has 0 bridgehead atoms. The van der Waals surface area contributed by atoms with Crippen LogP contribution in [0, 0.1) is 18.3 Å². The fourth-order valence-corrected chi connectivity index (χ4v) is 1.75. The summed E-state index contributed by atoms with van der Waals surface area (Å²) in [6.07, 6.45) is 10.8. The first-order valence-electron chi connectivity index (χ1n) is 5.01. The summed E-state index contributed by atoms with van der Waals surface area (Å²) in [5, 5.41) is 0. The van der Waals surface area contributed by atoms with Crippen molar-refractivity contribution in [2.24, 2.45) is 11.7 Å². The SMILES string of the molecule is C#CCCCC(N)C(OC)C1CC1. The fourth-order valence-electron chi connectivity index (χ4n) is 1.75. The highest BCUT2D eigenvalue weighted by Crippen LogP contribution is 2.35. The van der Waals surface area contributed by atoms with Crippen molar-refractivity contribution in [3.8, 4) is 12.3 Å². The Balaban J connectivity index is 2.19. The summed E-state index contributed by atoms with van der Waals surface area (Å²) < 4.78 is 5.39. The Morgan fingerprint density at radius 1 is 1.62 bits per heavy atom. The number of rotatable bonds is 6. The minimum Gasteiger partial charge on any atom is -0.380 e. The van der Waals surface area contributed by atoms with Crippen LogP contribution < -0.4 is 5.73 Å². The van der Waals surface area contributed by atoms with Crippen molar-refractivity contribution >= 4 is 0 Å². The second-order valence-electron chi connectivity index (χ2n) is 3.80. The number of unbranched alkanes of at least 4 members (excludes halogenated alkanes) is 1. The van der Waals surface area contributed by atoms with Crippen LogP contribution in [0.3, 0.4) is 0 Å². The van der Waals surface area contributed by atoms with E-state index in [9.17, 15) is 0 Å². The Bertz CT molecular complexity index is 181. The molecule has 0 heterocycles. The van der Waals surface area contributed by atoms with Crippen LogP contribution in [0.5, 0.6) is 0 Å². The molecular formula is C11H19NO. The third-order valence-electron chi connectivity index (χ3n) is 2.64. The van der Waals surface area contributed by atoms with Gasteiger partial charge in [-0.05, 0) is 31.6 Å². The van der Waals surface area contributed by atoms with Crippen LogP contribution in [0.15, 0.2) is 0 Å². The second-order valence-corrected chi connectivity index (χ2v) is 3.80. The molecule has 0 amide bonds. The molecule has 0 spiro atoms. The summed E-state index contributed by atoms with van der Waals surface area (Å²) in [5.74, 6) is 3.34. The molecule has 2 nitrogen and oxygen atoms in total. The normalized spacial score (nSPS) is 20.7. The van der Waals surface area contributed by atoms with Gasteiger partial charge in [0.2, 0.25) is 0 Å². The summed E-state index contributed by atoms with van der Waals surface area (Å²) in [7, 11) is 1.75. The van der Waals surface area contributed by atoms with E-state index < -0.39 is 0 Å². The molecule has 0 aromatic rings. The smallest absolute Gasteiger partial charge is 0.0750 e. The molecule has 0 aromatic heterocycles. The topological polar surface area (TPSA) is 35.2 Å². The van der Waals surface area contributed by atoms with Crippen LogP contribution in [0.25, 0.3) is 0 Å². The van der Waals surface area contributed by atoms with Gasteiger partial charge in [-0.1, -0.05) is 0 Å². The number of nitrogens with two attached hydrogens (primary N) is 1. The van der Waals surface area contributed by atoms with E-state index in [1.165, 1.54) is 12.8 Å². The molecule has 74 valence electrons. The largest absolute Gasteiger partial charge is 0.380 e. The Hall–Kier alpha value is -0.520. The lowest BCUT2D eigenvalue weighted by Gasteiger charge is -2.21. The zero-order chi connectivity index (χ0) is 9.68. The van der Waals surface area contributed by atoms with Crippen LogP contribution >= 0.6 is 0 Å². The quantitative estimate of drug-likeness (QED) is 0.498. The molecule has 13 heavy (non-hydrogen) atoms. The molecule has 1 aliphatic rings. The van der Waals surface area contributed by atoms with E-state index in [4.69, 9.17) is 16.9 Å². The summed E-state index contributed by atoms with van der Waals surface area (Å²) in [6, 6.07) is 0.172. The number of methoxy groups -OCH3 is 1. The first-order valence-corrected chi connectivity index (χ1v) is 5.01. The molecule has 0 radical (unpaired) electrons. The third kappa shape index (κ3) is 3.38. The van der Waals surface area contributed by atoms with Gasteiger partial charge >= 0.3 is 0 Å². The van der Waals surface area contributed by atoms with Gasteiger partial charge in [0.25, 0.3) is 0 Å². The Labute approximate surface area is 80.8 Å². The van der Waals surface area contributed by atoms with Gasteiger partial charge in [-0.25, -0.2) is 0 Å². The van der Waals surface area contributed by atoms with Crippen LogP contribution in [0.4, 0.5) is 0 Å². The van der Waals surface area contributed by atoms with Crippen LogP contribution in [0.2, 0.25) is 0 Å². The molecule has 1 fully saturated rings. The van der Waals surface area contributed by atoms with Gasteiger partial charge < -0.3 is 10.5 Å². The molecule has 0 saturated heterocycles. The maximum absolute atomic E-state index is 6.02. The van der Waals surface area contributed by atoms with Crippen molar-refractivity contribution in [1.29, 1.82) is 0 Å². The number of ether oxygens (including phenoxy) is 1. The van der Waals surface area contributed by atoms with Crippen LogP contribution in [-0.4, -0.2) is 19.3 Å². The summed E-state index contributed by atoms with van der Waals surface area (Å²) in [6.45, 7) is 0. The van der Waals surface area contributed by atoms with Crippen molar-refractivity contribution in [3.63, 3.8) is 0 Å². The van der Waals surface area contributed by atoms with Crippen molar-refractivity contribution in [2.75, 3.05) is 7.11 Å². The maximum atomic E-state index is 6.02. The molecule has 2 unspecified atom stereocenters. The molecule has 0 aliphatic heterocycles. The standard InChI is InChI=1S/C11H19NO/c1-3-4-5-6-10(12)11(13-2)9-7-8-9/h1,9-11H,4-8,12H2,2H3. The van der Waals surface area contributed by atoms with Gasteiger partial charge in [-0.2, -0.15) is 0 Å². The lowest BCUT2D eigenvalue weighted by molar-refractivity contribution is 0.0598. The van der Waals surface area contributed by atoms with E-state index in [0.717, 1.165) is 19.3 Å². The Morgan fingerprint density at radius 2 is 2.31 bits per heavy atom. The molecule has 1 aliphatic carbocycles. The van der Waals surface area contributed by atoms with Crippen LogP contribution in [-0.2, 0) is 4.74 Å². The van der Waals surface area contributed by atoms with E-state index in [2.05, 4.69) is 5.92 Å². The van der Waals surface area contributed by atoms with E-state index in [1.807, 2.05) is 0 Å². The molecule has 2 atom stereocenters. The maximum Gasteiger partial charge on any atom is 0.0750 e. The zero-order valence-corrected chi connectivity index (χ0v) is 8.33. The number of terminal acetylenes is 1. The molecule has 2 heteroatoms. The Morgan fingerprint density at radius 3 is 2.77 bits per heavy atom. The number of hydrogen-bond acceptors (Lipinski definition) is 2. The molecule has 1 rings (SSSR count). The first kappa shape index (κ1) is 10.6. The molecule has 2 N–H and O–H groups in total. The van der Waals surface area contributed by atoms with E-state index in [0.29, 0.717) is 5.92 Å². The van der Waals surface area contributed by atoms with Gasteiger partial charge in [-0.3, -0.25) is 0 Å². The van der Waals surface area contributed by atoms with E-state index >= 15 is 0 Å². The van der Waals surface area contributed by atoms with Crippen molar-refractivity contribution in [1.82, 2.24) is 0 Å². The summed E-state index contributed by atoms with van der Waals surface area (Å²) >= 11 is 0. The first-order chi connectivity index (χ1) is 6.29. The molecule has 0 aromatic carbocycles. The highest BCUT2D eigenvalue weighted by atomic mass is 16.5. The lowest BCUT2D eigenvalue weighted by atomic mass is 10.0. The monoisotopic (exact) mass is 181 g/mol. The highest BCUT2D eigenvalue weighted by Gasteiger charge is 2.34. The van der Waals surface area contributed by atoms with Crippen molar-refractivity contribution in [3.05, 3.63) is 0 Å². The fraction of sp³-hybridized carbons (Fsp3) is 0.818. The van der Waals surface area contributed by atoms with Gasteiger partial charge in [0.15, 0.2) is 0 Å². The van der Waals surface area contributed by atoms with Crippen molar-refractivity contribution in [2.45, 2.75) is 44.2 Å². The minimum atomic E-state index is 0.172. The third-order valence-corrected chi connectivity index (χ3v) is 2.64. The van der Waals surface area contributed by atoms with Crippen LogP contribution in [0.1, 0.15) is 32.1 Å². The van der Waals surface area contributed by atoms with Gasteiger partial charge in [0.05, 0.1) is 6.10 Å². The predicted octanol–water partition coefficient (Wildman–Crippen LogP) is 1.54. The lowest BCUT2D eigenvalue weighted by Crippen LogP contribution is -2.37. The average molecular weight is 181 g/mol. The summed E-state index contributed by atoms with van der Waals surface area (Å²) in [4.78, 5) is 0. The minimum absolute atomic E-state index is 0.172. The molecular weight excluding hydrogens is 162 g/mol. The van der Waals surface area contributed by atoms with Crippen molar-refractivity contribution < 1.29 is 4.74 Å². The van der Waals surface area contributed by atoms with Gasteiger partial charge in [0, 0.05) is 19.6 Å². The highest BCUT2D eigenvalue weighted by molar-refractivity contribution is 4.90. The zero-order valence-electron chi connectivity index (χ0n) is 8.33. The van der Waals surface area contributed by atoms with E-state index in [1.54, 1.807) is 7.11 Å². The van der Waals surface area contributed by atoms with E-state index in [-0.39, 0.29) is 12.1 Å². The Kier molecular flexibility index (Phi) is 4.27. The number of hydrogen-bond donors (Lipinski definition) is 1. The average Bonchev–Trinajstić information content (AvgIpc) is 2.90. The van der Waals surface area contributed by atoms with Gasteiger partial charge in [-0.15, -0.1) is 12.3 Å². The predicted molar refractivity (Wildman–Crippen MR) is 54.2 cm³/mol. The summed E-state index contributed by atoms with van der Waals surface area (Å²) in [5.41, 5.74) is 6.02. The van der Waals surface area contributed by atoms with Gasteiger partial charge in [0.1, 0.15) is 0 Å².